The minimum absolute atomic E-state index is 0.00698. The van der Waals surface area contributed by atoms with Crippen LogP contribution in [-0.2, 0) is 61.9 Å². The van der Waals surface area contributed by atoms with Crippen LogP contribution in [0.2, 0.25) is 0 Å². The van der Waals surface area contributed by atoms with Gasteiger partial charge in [0.1, 0.15) is 116 Å². The van der Waals surface area contributed by atoms with Gasteiger partial charge in [0.05, 0.1) is 51.8 Å². The minimum Gasteiger partial charge on any atom is -0.477 e. The van der Waals surface area contributed by atoms with Crippen LogP contribution in [0, 0.1) is 5.92 Å². The van der Waals surface area contributed by atoms with Gasteiger partial charge in [-0.3, -0.25) is 14.4 Å². The fourth-order valence-corrected chi connectivity index (χ4v) is 9.73. The number of likely N-dealkylation sites (N-methyl/N-ethyl adjacent to an activating group) is 1. The van der Waals surface area contributed by atoms with Crippen molar-refractivity contribution in [2.45, 2.75) is 199 Å². The Kier molecular flexibility index (Phi) is 24.8. The van der Waals surface area contributed by atoms with Crippen LogP contribution >= 0.6 is 12.6 Å². The molecule has 0 aromatic rings. The normalized spacial score (nSPS) is 43.1. The molecule has 32 heteroatoms. The molecule has 0 radical (unpaired) electrons. The molecule has 9 unspecified atom stereocenters. The molecule has 0 bridgehead atoms. The predicted molar refractivity (Wildman–Crippen MR) is 247 cm³/mol. The van der Waals surface area contributed by atoms with E-state index in [1.807, 2.05) is 0 Å². The Hall–Kier alpha value is -2.08. The Balaban J connectivity index is 1.33. The highest BCUT2D eigenvalue weighted by molar-refractivity contribution is 7.80. The van der Waals surface area contributed by atoms with Gasteiger partial charge >= 0.3 is 5.97 Å². The molecular weight excluding hydrogens is 1050 g/mol. The van der Waals surface area contributed by atoms with E-state index in [-0.39, 0.29) is 18.8 Å². The van der Waals surface area contributed by atoms with Crippen LogP contribution in [0.4, 0.5) is 0 Å². The second-order valence-corrected chi connectivity index (χ2v) is 19.8. The van der Waals surface area contributed by atoms with Crippen LogP contribution in [0.5, 0.6) is 0 Å². The molecule has 5 aliphatic heterocycles. The highest BCUT2D eigenvalue weighted by Gasteiger charge is 2.60. The SMILES string of the molecule is CC(=O)NC1[C@H](O[C@H]2C(CO)O[C@@H](O[C@@H]3C(CO)O[C@@H](N(C)OCCCC(=O)CCCS)C(O)[C@H]3O)C(O)[C@H]2O)OC(CO)[C@H](O)[C@@H]1O[C@@H]1OC(CO)[C@H](O)[C@H](O[C@]2(C(=O)O)CC(O)[C@@H](C)[C@H]([C@H](O)[C@H](O)CO)O2)C1O. The van der Waals surface area contributed by atoms with E-state index in [0.717, 1.165) is 12.0 Å². The maximum atomic E-state index is 12.9. The Bertz CT molecular complexity index is 1820. The highest BCUT2D eigenvalue weighted by Crippen LogP contribution is 2.41. The lowest BCUT2D eigenvalue weighted by molar-refractivity contribution is -0.390. The molecule has 5 fully saturated rings. The lowest BCUT2D eigenvalue weighted by Gasteiger charge is -2.51. The Morgan fingerprint density at radius 3 is 1.76 bits per heavy atom. The number of rotatable bonds is 26. The molecule has 5 aliphatic rings. The second-order valence-electron chi connectivity index (χ2n) is 19.3. The summed E-state index contributed by atoms with van der Waals surface area (Å²) in [4.78, 5) is 43.3. The summed E-state index contributed by atoms with van der Waals surface area (Å²) in [5.41, 5.74) is 0. The monoisotopic (exact) mass is 1130 g/mol. The number of amides is 1. The molecule has 26 atom stereocenters. The molecule has 0 saturated carbocycles. The van der Waals surface area contributed by atoms with Crippen molar-refractivity contribution >= 4 is 30.3 Å². The molecule has 0 aromatic carbocycles. The summed E-state index contributed by atoms with van der Waals surface area (Å²) in [6.45, 7) is -2.64. The lowest BCUT2D eigenvalue weighted by atomic mass is 9.84. The number of thiol groups is 1. The van der Waals surface area contributed by atoms with Crippen molar-refractivity contribution in [2.75, 3.05) is 52.4 Å². The van der Waals surface area contributed by atoms with Gasteiger partial charge in [-0.1, -0.05) is 6.92 Å². The zero-order valence-corrected chi connectivity index (χ0v) is 42.7. The second kappa shape index (κ2) is 29.1. The van der Waals surface area contributed by atoms with E-state index >= 15 is 0 Å². The van der Waals surface area contributed by atoms with Crippen molar-refractivity contribution in [2.24, 2.45) is 5.92 Å². The summed E-state index contributed by atoms with van der Waals surface area (Å²) in [7, 11) is 1.37. The average Bonchev–Trinajstić information content (AvgIpc) is 3.39. The van der Waals surface area contributed by atoms with Crippen molar-refractivity contribution in [3.63, 3.8) is 0 Å². The quantitative estimate of drug-likeness (QED) is 0.0217. The summed E-state index contributed by atoms with van der Waals surface area (Å²) in [6.07, 6.45) is -43.1. The molecule has 442 valence electrons. The van der Waals surface area contributed by atoms with Crippen molar-refractivity contribution in [1.29, 1.82) is 0 Å². The van der Waals surface area contributed by atoms with Crippen molar-refractivity contribution in [3.8, 4) is 0 Å². The zero-order chi connectivity index (χ0) is 56.5. The third-order valence-electron chi connectivity index (χ3n) is 13.9. The Morgan fingerprint density at radius 1 is 0.684 bits per heavy atom. The van der Waals surface area contributed by atoms with Crippen LogP contribution in [0.15, 0.2) is 0 Å². The number of hydroxylamine groups is 2. The topological polar surface area (TPSA) is 482 Å². The number of nitrogens with one attached hydrogen (secondary N) is 1. The first kappa shape index (κ1) is 64.7. The number of ketones is 1. The third kappa shape index (κ3) is 14.9. The summed E-state index contributed by atoms with van der Waals surface area (Å²) in [5, 5.41) is 176. The molecule has 5 heterocycles. The number of nitrogens with zero attached hydrogens (tertiary/aromatic N) is 1. The number of Topliss-reactive ketones (excluding diaryl/α,β-unsaturated/α-hetero) is 1. The first-order chi connectivity index (χ1) is 35.9. The van der Waals surface area contributed by atoms with E-state index in [2.05, 4.69) is 17.9 Å². The number of carbonyl (C=O) groups is 3. The van der Waals surface area contributed by atoms with Crippen LogP contribution in [0.25, 0.3) is 0 Å². The average molecular weight is 1130 g/mol. The smallest absolute Gasteiger partial charge is 0.364 e. The number of carbonyl (C=O) groups excluding carboxylic acids is 2. The zero-order valence-electron chi connectivity index (χ0n) is 41.8. The molecule has 5 saturated heterocycles. The summed E-state index contributed by atoms with van der Waals surface area (Å²) in [6, 6.07) is -1.80. The largest absolute Gasteiger partial charge is 0.477 e. The molecule has 5 rings (SSSR count). The van der Waals surface area contributed by atoms with Gasteiger partial charge in [0.15, 0.2) is 25.1 Å². The number of hydrogen-bond acceptors (Lipinski definition) is 30. The fourth-order valence-electron chi connectivity index (χ4n) is 9.57. The van der Waals surface area contributed by atoms with Gasteiger partial charge in [0.2, 0.25) is 5.91 Å². The molecule has 0 spiro atoms. The van der Waals surface area contributed by atoms with Crippen molar-refractivity contribution in [1.82, 2.24) is 10.4 Å². The Morgan fingerprint density at radius 2 is 1.20 bits per heavy atom. The van der Waals surface area contributed by atoms with Gasteiger partial charge in [-0.05, 0) is 18.6 Å². The van der Waals surface area contributed by atoms with Crippen LogP contribution in [0.1, 0.15) is 46.0 Å². The van der Waals surface area contributed by atoms with Crippen LogP contribution < -0.4 is 5.32 Å². The summed E-state index contributed by atoms with van der Waals surface area (Å²) in [5.74, 6) is -6.41. The van der Waals surface area contributed by atoms with Gasteiger partial charge in [-0.2, -0.15) is 17.7 Å². The maximum absolute atomic E-state index is 12.9. The van der Waals surface area contributed by atoms with Gasteiger partial charge in [0, 0.05) is 39.2 Å². The first-order valence-electron chi connectivity index (χ1n) is 24.7. The van der Waals surface area contributed by atoms with Crippen molar-refractivity contribution in [3.05, 3.63) is 0 Å². The number of aliphatic carboxylic acids is 1. The van der Waals surface area contributed by atoms with E-state index in [1.165, 1.54) is 14.0 Å². The molecule has 0 aromatic heterocycles. The fraction of sp³-hybridized carbons (Fsp3) is 0.932. The molecule has 31 nitrogen and oxygen atoms in total. The summed E-state index contributed by atoms with van der Waals surface area (Å²) >= 11 is 4.09. The third-order valence-corrected chi connectivity index (χ3v) is 14.3. The van der Waals surface area contributed by atoms with Crippen LogP contribution in [-0.4, -0.2) is 310 Å². The molecular formula is C44H76N2O29S. The number of carboxylic acid groups (broad SMARTS) is 1. The molecule has 17 N–H and O–H groups in total. The molecule has 0 aliphatic carbocycles. The van der Waals surface area contributed by atoms with Gasteiger partial charge in [-0.25, -0.2) is 4.79 Å². The van der Waals surface area contributed by atoms with Gasteiger partial charge in [0.25, 0.3) is 5.79 Å². The van der Waals surface area contributed by atoms with Crippen molar-refractivity contribution < 1.29 is 144 Å². The van der Waals surface area contributed by atoms with E-state index in [1.54, 1.807) is 0 Å². The number of aliphatic hydroxyl groups is 15. The Labute approximate surface area is 440 Å². The van der Waals surface area contributed by atoms with Crippen LogP contribution in [0.3, 0.4) is 0 Å². The maximum Gasteiger partial charge on any atom is 0.364 e. The number of aliphatic hydroxyl groups excluding tert-OH is 15. The highest BCUT2D eigenvalue weighted by atomic mass is 32.1. The van der Waals surface area contributed by atoms with E-state index in [4.69, 9.17) is 47.5 Å². The lowest BCUT2D eigenvalue weighted by Crippen LogP contribution is -2.70. The first-order valence-corrected chi connectivity index (χ1v) is 25.3. The summed E-state index contributed by atoms with van der Waals surface area (Å²) < 4.78 is 52.2. The van der Waals surface area contributed by atoms with E-state index < -0.39 is 210 Å². The van der Waals surface area contributed by atoms with Gasteiger partial charge < -0.3 is 130 Å². The molecule has 76 heavy (non-hydrogen) atoms. The molecule has 1 amide bonds. The predicted octanol–water partition coefficient (Wildman–Crippen LogP) is -9.37. The standard InChI is InChI=1S/C44H76N2O29S/c1-16-19(54)10-44(43(64)65,74-34(16)26(56)20(55)11-47)75-38-28(58)22(13-49)69-42(33(38)63)73-37-25(45-17(2)52)40(68-21(12-48)27(37)57)71-36-24(15-51)70-41(32(62)30(36)60)72-35-23(14-50)67-39(31(61)29(35)59)46(3)66-8-4-6-18(53)7-5-9-76/h16,19-42,47-51,54-63,76H,4-15H2,1-3H3,(H,45,52)(H,64,65)/t16-,19?,20-,21?,22?,23?,24?,25?,26-,27+,28+,29-,30-,31?,32?,33?,34-,35-,36+,37-,38+,39-,40+,41+,42+,44+/m1/s1. The number of ether oxygens (including phenoxy) is 9. The van der Waals surface area contributed by atoms with Gasteiger partial charge in [-0.15, -0.1) is 0 Å². The minimum atomic E-state index is -3.03. The number of carboxylic acids is 1. The van der Waals surface area contributed by atoms with E-state index in [0.29, 0.717) is 25.0 Å². The number of hydrogen-bond donors (Lipinski definition) is 18. The van der Waals surface area contributed by atoms with E-state index in [9.17, 15) is 96.1 Å².